The Morgan fingerprint density at radius 3 is 1.53 bits per heavy atom. The first-order valence-electron chi connectivity index (χ1n) is 3.87. The van der Waals surface area contributed by atoms with Crippen molar-refractivity contribution in [2.24, 2.45) is 0 Å². The van der Waals surface area contributed by atoms with Crippen molar-refractivity contribution < 1.29 is 23.7 Å². The molecule has 0 aromatic carbocycles. The van der Waals surface area contributed by atoms with E-state index in [-0.39, 0.29) is 0 Å². The molecule has 0 amide bonds. The fourth-order valence-corrected chi connectivity index (χ4v) is 0.871. The summed E-state index contributed by atoms with van der Waals surface area (Å²) >= 11 is 0. The van der Waals surface area contributed by atoms with Gasteiger partial charge < -0.3 is 0 Å². The molecule has 19 heavy (non-hydrogen) atoms. The maximum atomic E-state index is 11.9. The van der Waals surface area contributed by atoms with Gasteiger partial charge in [0.25, 0.3) is 0 Å². The predicted molar refractivity (Wildman–Crippen MR) is 45.0 cm³/mol. The number of aromatic nitrogens is 4. The smallest absolute Gasteiger partial charge is 0.252 e. The predicted octanol–water partition coefficient (Wildman–Crippen LogP) is -1.22. The average molecular weight is 282 g/mol. The Morgan fingerprint density at radius 1 is 0.895 bits per heavy atom. The molecule has 102 valence electrons. The molecular weight excluding hydrogens is 282 g/mol. The molecule has 14 nitrogen and oxygen atoms in total. The zero-order valence-electron chi connectivity index (χ0n) is 8.28. The lowest BCUT2D eigenvalue weighted by Gasteiger charge is -2.06. The molecule has 0 N–H and O–H groups in total. The Hall–Kier alpha value is -3.20. The van der Waals surface area contributed by atoms with Crippen LogP contribution in [0.1, 0.15) is 5.82 Å². The molecule has 0 aliphatic heterocycles. The summed E-state index contributed by atoms with van der Waals surface area (Å²) in [4.78, 5) is 25.9. The molecule has 0 spiro atoms. The Balaban J connectivity index is 3.46. The van der Waals surface area contributed by atoms with Crippen molar-refractivity contribution in [1.29, 1.82) is 0 Å². The molecule has 1 rings (SSSR count). The fourth-order valence-electron chi connectivity index (χ4n) is 0.871. The van der Waals surface area contributed by atoms with Crippen LogP contribution in [0.15, 0.2) is 0 Å². The molecule has 0 saturated carbocycles. The van der Waals surface area contributed by atoms with Gasteiger partial charge in [0.15, 0.2) is 14.8 Å². The van der Waals surface area contributed by atoms with Crippen LogP contribution in [-0.2, 0) is 5.79 Å². The molecule has 0 aliphatic carbocycles. The number of anilines is 1. The van der Waals surface area contributed by atoms with Gasteiger partial charge in [0.1, 0.15) is 0 Å². The van der Waals surface area contributed by atoms with E-state index in [0.717, 1.165) is 0 Å². The van der Waals surface area contributed by atoms with E-state index in [0.29, 0.717) is 0 Å². The molecular formula is C3F2N8O6. The summed E-state index contributed by atoms with van der Waals surface area (Å²) in [6.07, 6.45) is 0. The molecule has 0 atom stereocenters. The number of halogens is 2. The molecule has 0 aliphatic rings. The van der Waals surface area contributed by atoms with E-state index in [1.807, 2.05) is 0 Å². The number of hydrogen-bond acceptors (Lipinski definition) is 11. The normalized spacial score (nSPS) is 10.8. The maximum Gasteiger partial charge on any atom is 0.766 e. The van der Waals surface area contributed by atoms with Crippen LogP contribution in [0.5, 0.6) is 0 Å². The zero-order valence-corrected chi connectivity index (χ0v) is 8.28. The lowest BCUT2D eigenvalue weighted by atomic mass is 10.3. The quantitative estimate of drug-likeness (QED) is 0.272. The highest BCUT2D eigenvalue weighted by molar-refractivity contribution is 5.14. The van der Waals surface area contributed by atoms with Gasteiger partial charge in [-0.2, -0.15) is 0 Å². The van der Waals surface area contributed by atoms with Crippen LogP contribution >= 0.6 is 0 Å². The highest BCUT2D eigenvalue weighted by Gasteiger charge is 2.76. The van der Waals surface area contributed by atoms with E-state index in [1.165, 1.54) is 0 Å². The molecule has 1 aromatic heterocycles. The molecule has 0 saturated heterocycles. The Bertz CT molecular complexity index is 496. The third-order valence-electron chi connectivity index (χ3n) is 1.68. The first-order valence-corrected chi connectivity index (χ1v) is 3.87. The van der Waals surface area contributed by atoms with E-state index in [1.54, 1.807) is 0 Å². The van der Waals surface area contributed by atoms with E-state index in [4.69, 9.17) is 0 Å². The summed E-state index contributed by atoms with van der Waals surface area (Å²) in [6, 6.07) is 0. The summed E-state index contributed by atoms with van der Waals surface area (Å²) in [5.74, 6) is -7.29. The maximum absolute atomic E-state index is 11.9. The van der Waals surface area contributed by atoms with E-state index < -0.39 is 37.7 Å². The van der Waals surface area contributed by atoms with E-state index in [9.17, 15) is 39.3 Å². The summed E-state index contributed by atoms with van der Waals surface area (Å²) < 4.78 is 23.8. The van der Waals surface area contributed by atoms with Gasteiger partial charge in [0.05, 0.1) is 0 Å². The Morgan fingerprint density at radius 2 is 1.26 bits per heavy atom. The monoisotopic (exact) mass is 282 g/mol. The van der Waals surface area contributed by atoms with E-state index >= 15 is 0 Å². The number of nitrogens with zero attached hydrogens (tertiary/aromatic N) is 8. The zero-order chi connectivity index (χ0) is 14.8. The van der Waals surface area contributed by atoms with Crippen LogP contribution in [0.3, 0.4) is 0 Å². The number of hydrogen-bond donors (Lipinski definition) is 0. The Kier molecular flexibility index (Phi) is 3.34. The first-order chi connectivity index (χ1) is 8.74. The van der Waals surface area contributed by atoms with Crippen LogP contribution in [0.2, 0.25) is 0 Å². The minimum Gasteiger partial charge on any atom is -0.252 e. The van der Waals surface area contributed by atoms with Crippen LogP contribution in [0.4, 0.5) is 14.9 Å². The van der Waals surface area contributed by atoms with Crippen LogP contribution in [-0.4, -0.2) is 35.2 Å². The van der Waals surface area contributed by atoms with Gasteiger partial charge in [0, 0.05) is 5.34 Å². The number of nitro groups is 3. The van der Waals surface area contributed by atoms with Crippen molar-refractivity contribution in [3.05, 3.63) is 36.2 Å². The number of rotatable bonds is 5. The molecule has 0 unspecified atom stereocenters. The summed E-state index contributed by atoms with van der Waals surface area (Å²) in [6.45, 7) is 0. The van der Waals surface area contributed by atoms with Crippen molar-refractivity contribution >= 4 is 5.95 Å². The van der Waals surface area contributed by atoms with Gasteiger partial charge in [-0.05, 0) is 0 Å². The topological polar surface area (TPSA) is 184 Å². The standard InChI is InChI=1S/C3F2N8O6/c4-10(5)2-8-6-1(7-9-2)3(11(14)15,12(16)17)13(18)19. The highest BCUT2D eigenvalue weighted by atomic mass is 19.4. The van der Waals surface area contributed by atoms with Gasteiger partial charge in [-0.1, -0.05) is 8.96 Å². The van der Waals surface area contributed by atoms with E-state index in [2.05, 4.69) is 20.4 Å². The fraction of sp³-hybridized carbons (Fsp3) is 0.333. The van der Waals surface area contributed by atoms with Gasteiger partial charge in [-0.3, -0.25) is 30.3 Å². The lowest BCUT2D eigenvalue weighted by Crippen LogP contribution is -2.51. The van der Waals surface area contributed by atoms with Gasteiger partial charge in [-0.15, -0.1) is 20.4 Å². The van der Waals surface area contributed by atoms with Crippen molar-refractivity contribution in [2.45, 2.75) is 5.79 Å². The average Bonchev–Trinajstić information content (AvgIpc) is 2.28. The minimum atomic E-state index is -4.17. The summed E-state index contributed by atoms with van der Waals surface area (Å²) in [7, 11) is 0. The van der Waals surface area contributed by atoms with Crippen molar-refractivity contribution in [3.63, 3.8) is 0 Å². The first kappa shape index (κ1) is 13.9. The van der Waals surface area contributed by atoms with Crippen LogP contribution < -0.4 is 5.34 Å². The largest absolute Gasteiger partial charge is 0.766 e. The van der Waals surface area contributed by atoms with Crippen molar-refractivity contribution in [2.75, 3.05) is 5.34 Å². The second-order valence-electron chi connectivity index (χ2n) is 2.66. The molecule has 1 heterocycles. The highest BCUT2D eigenvalue weighted by Crippen LogP contribution is 2.22. The second-order valence-corrected chi connectivity index (χ2v) is 2.66. The van der Waals surface area contributed by atoms with Gasteiger partial charge >= 0.3 is 17.6 Å². The molecule has 16 heteroatoms. The SMILES string of the molecule is O=[N+]([O-])C(c1nnc(N(F)F)nn1)([N+](=O)[O-])[N+](=O)[O-]. The second kappa shape index (κ2) is 4.58. The summed E-state index contributed by atoms with van der Waals surface area (Å²) in [5, 5.41) is 40.1. The van der Waals surface area contributed by atoms with Crippen LogP contribution in [0.25, 0.3) is 0 Å². The third-order valence-corrected chi connectivity index (χ3v) is 1.68. The molecule has 0 radical (unpaired) electrons. The van der Waals surface area contributed by atoms with Gasteiger partial charge in [-0.25, -0.2) is 0 Å². The lowest BCUT2D eigenvalue weighted by molar-refractivity contribution is -0.987. The van der Waals surface area contributed by atoms with Gasteiger partial charge in [0.2, 0.25) is 0 Å². The van der Waals surface area contributed by atoms with Crippen molar-refractivity contribution in [1.82, 2.24) is 20.4 Å². The summed E-state index contributed by atoms with van der Waals surface area (Å²) in [5.41, 5.74) is 0. The minimum absolute atomic E-state index is 1.45. The molecule has 0 fully saturated rings. The van der Waals surface area contributed by atoms with Crippen LogP contribution in [0, 0.1) is 30.3 Å². The molecule has 1 aromatic rings. The third kappa shape index (κ3) is 2.00. The molecule has 0 bridgehead atoms. The Labute approximate surface area is 98.5 Å². The van der Waals surface area contributed by atoms with Crippen molar-refractivity contribution in [3.8, 4) is 0 Å².